The second kappa shape index (κ2) is 5.04. The molecule has 1 aromatic carbocycles. The van der Waals surface area contributed by atoms with Crippen molar-refractivity contribution in [3.8, 4) is 11.3 Å². The van der Waals surface area contributed by atoms with E-state index in [9.17, 15) is 0 Å². The summed E-state index contributed by atoms with van der Waals surface area (Å²) in [5.41, 5.74) is 9.34. The van der Waals surface area contributed by atoms with Crippen LogP contribution >= 0.6 is 0 Å². The average molecular weight is 229 g/mol. The van der Waals surface area contributed by atoms with Crippen molar-refractivity contribution in [2.75, 3.05) is 5.73 Å². The smallest absolute Gasteiger partial charge is 0.131 e. The number of aromatic nitrogens is 2. The molecule has 0 aliphatic carbocycles. The molecule has 90 valence electrons. The second-order valence-corrected chi connectivity index (χ2v) is 4.39. The van der Waals surface area contributed by atoms with Gasteiger partial charge in [0, 0.05) is 12.1 Å². The first kappa shape index (κ1) is 11.7. The molecule has 2 aromatic rings. The summed E-state index contributed by atoms with van der Waals surface area (Å²) in [5.74, 6) is 0.766. The summed E-state index contributed by atoms with van der Waals surface area (Å²) < 4.78 is 2.03. The Balaban J connectivity index is 2.27. The van der Waals surface area contributed by atoms with E-state index >= 15 is 0 Å². The monoisotopic (exact) mass is 229 g/mol. The quantitative estimate of drug-likeness (QED) is 0.874. The van der Waals surface area contributed by atoms with Crippen LogP contribution in [0.3, 0.4) is 0 Å². The lowest BCUT2D eigenvalue weighted by atomic mass is 10.1. The van der Waals surface area contributed by atoms with Gasteiger partial charge in [-0.2, -0.15) is 0 Å². The summed E-state index contributed by atoms with van der Waals surface area (Å²) in [6.07, 6.45) is 4.13. The first-order valence-electron chi connectivity index (χ1n) is 6.10. The zero-order chi connectivity index (χ0) is 12.3. The van der Waals surface area contributed by atoms with Crippen LogP contribution < -0.4 is 5.73 Å². The van der Waals surface area contributed by atoms with E-state index in [4.69, 9.17) is 5.73 Å². The van der Waals surface area contributed by atoms with E-state index in [0.29, 0.717) is 0 Å². The molecule has 1 heterocycles. The van der Waals surface area contributed by atoms with Gasteiger partial charge in [0.15, 0.2) is 0 Å². The third-order valence-electron chi connectivity index (χ3n) is 2.96. The van der Waals surface area contributed by atoms with Gasteiger partial charge in [-0.3, -0.25) is 0 Å². The van der Waals surface area contributed by atoms with Crippen LogP contribution in [-0.4, -0.2) is 9.55 Å². The van der Waals surface area contributed by atoms with Crippen molar-refractivity contribution in [3.05, 3.63) is 36.2 Å². The second-order valence-electron chi connectivity index (χ2n) is 4.39. The van der Waals surface area contributed by atoms with Crippen LogP contribution in [0.1, 0.15) is 25.3 Å². The standard InChI is InChI=1S/C14H19N3/c1-3-4-9-17-10-16-13(14(17)15)12-7-5-11(2)6-8-12/h5-8,10H,3-4,9,15H2,1-2H3. The highest BCUT2D eigenvalue weighted by atomic mass is 15.1. The topological polar surface area (TPSA) is 43.8 Å². The molecule has 0 unspecified atom stereocenters. The number of hydrogen-bond donors (Lipinski definition) is 1. The zero-order valence-corrected chi connectivity index (χ0v) is 10.5. The molecular formula is C14H19N3. The highest BCUT2D eigenvalue weighted by Gasteiger charge is 2.08. The van der Waals surface area contributed by atoms with E-state index < -0.39 is 0 Å². The van der Waals surface area contributed by atoms with Gasteiger partial charge in [0.05, 0.1) is 6.33 Å². The van der Waals surface area contributed by atoms with E-state index in [0.717, 1.165) is 36.5 Å². The van der Waals surface area contributed by atoms with Crippen LogP contribution in [0.4, 0.5) is 5.82 Å². The maximum Gasteiger partial charge on any atom is 0.131 e. The Morgan fingerprint density at radius 1 is 1.24 bits per heavy atom. The number of nitrogens with zero attached hydrogens (tertiary/aromatic N) is 2. The number of benzene rings is 1. The molecule has 0 aliphatic heterocycles. The van der Waals surface area contributed by atoms with Crippen molar-refractivity contribution in [2.45, 2.75) is 33.2 Å². The molecule has 2 N–H and O–H groups in total. The molecule has 0 spiro atoms. The molecule has 0 saturated carbocycles. The molecule has 0 atom stereocenters. The van der Waals surface area contributed by atoms with E-state index in [2.05, 4.69) is 43.1 Å². The van der Waals surface area contributed by atoms with Crippen LogP contribution in [0.2, 0.25) is 0 Å². The summed E-state index contributed by atoms with van der Waals surface area (Å²) in [5, 5.41) is 0. The van der Waals surface area contributed by atoms with E-state index in [-0.39, 0.29) is 0 Å². The first-order valence-corrected chi connectivity index (χ1v) is 6.10. The zero-order valence-electron chi connectivity index (χ0n) is 10.5. The van der Waals surface area contributed by atoms with Crippen molar-refractivity contribution in [3.63, 3.8) is 0 Å². The average Bonchev–Trinajstić information content (AvgIpc) is 2.69. The number of unbranched alkanes of at least 4 members (excludes halogenated alkanes) is 1. The van der Waals surface area contributed by atoms with Crippen LogP contribution in [0.15, 0.2) is 30.6 Å². The van der Waals surface area contributed by atoms with E-state index in [1.165, 1.54) is 5.56 Å². The van der Waals surface area contributed by atoms with Crippen LogP contribution in [0.25, 0.3) is 11.3 Å². The Bertz CT molecular complexity index is 483. The molecule has 0 aliphatic rings. The summed E-state index contributed by atoms with van der Waals surface area (Å²) in [6.45, 7) is 5.20. The minimum atomic E-state index is 0.766. The number of anilines is 1. The summed E-state index contributed by atoms with van der Waals surface area (Å²) in [4.78, 5) is 4.41. The minimum absolute atomic E-state index is 0.766. The first-order chi connectivity index (χ1) is 8.22. The number of nitrogens with two attached hydrogens (primary N) is 1. The van der Waals surface area contributed by atoms with E-state index in [1.54, 1.807) is 0 Å². The molecule has 0 radical (unpaired) electrons. The lowest BCUT2D eigenvalue weighted by Crippen LogP contribution is -2.01. The van der Waals surface area contributed by atoms with Gasteiger partial charge in [-0.15, -0.1) is 0 Å². The van der Waals surface area contributed by atoms with Crippen molar-refractivity contribution in [2.24, 2.45) is 0 Å². The number of rotatable bonds is 4. The largest absolute Gasteiger partial charge is 0.383 e. The molecule has 0 fully saturated rings. The molecule has 0 amide bonds. The fourth-order valence-electron chi connectivity index (χ4n) is 1.83. The highest BCUT2D eigenvalue weighted by molar-refractivity contribution is 5.70. The van der Waals surface area contributed by atoms with Gasteiger partial charge < -0.3 is 10.3 Å². The fraction of sp³-hybridized carbons (Fsp3) is 0.357. The third-order valence-corrected chi connectivity index (χ3v) is 2.96. The Kier molecular flexibility index (Phi) is 3.47. The fourth-order valence-corrected chi connectivity index (χ4v) is 1.83. The molecule has 3 heteroatoms. The summed E-state index contributed by atoms with van der Waals surface area (Å²) >= 11 is 0. The molecule has 2 rings (SSSR count). The van der Waals surface area contributed by atoms with Gasteiger partial charge in [-0.25, -0.2) is 4.98 Å². The van der Waals surface area contributed by atoms with Crippen molar-refractivity contribution in [1.29, 1.82) is 0 Å². The summed E-state index contributed by atoms with van der Waals surface area (Å²) in [7, 11) is 0. The van der Waals surface area contributed by atoms with E-state index in [1.807, 2.05) is 10.9 Å². The molecule has 0 bridgehead atoms. The van der Waals surface area contributed by atoms with Crippen LogP contribution in [0.5, 0.6) is 0 Å². The Hall–Kier alpha value is -1.77. The van der Waals surface area contributed by atoms with Crippen molar-refractivity contribution < 1.29 is 0 Å². The Morgan fingerprint density at radius 3 is 2.59 bits per heavy atom. The Labute approximate surface area is 102 Å². The van der Waals surface area contributed by atoms with Crippen molar-refractivity contribution in [1.82, 2.24) is 9.55 Å². The maximum absolute atomic E-state index is 6.11. The Morgan fingerprint density at radius 2 is 1.94 bits per heavy atom. The molecule has 0 saturated heterocycles. The van der Waals surface area contributed by atoms with Gasteiger partial charge in [0.25, 0.3) is 0 Å². The normalized spacial score (nSPS) is 10.7. The van der Waals surface area contributed by atoms with Crippen LogP contribution in [-0.2, 0) is 6.54 Å². The number of nitrogen functional groups attached to an aromatic ring is 1. The lowest BCUT2D eigenvalue weighted by Gasteiger charge is -2.04. The number of aryl methyl sites for hydroxylation is 2. The molecular weight excluding hydrogens is 210 g/mol. The molecule has 1 aromatic heterocycles. The molecule has 3 nitrogen and oxygen atoms in total. The maximum atomic E-state index is 6.11. The lowest BCUT2D eigenvalue weighted by molar-refractivity contribution is 0.637. The SMILES string of the molecule is CCCCn1cnc(-c2ccc(C)cc2)c1N. The van der Waals surface area contributed by atoms with Gasteiger partial charge in [-0.05, 0) is 13.3 Å². The van der Waals surface area contributed by atoms with Gasteiger partial charge >= 0.3 is 0 Å². The van der Waals surface area contributed by atoms with Crippen molar-refractivity contribution >= 4 is 5.82 Å². The third kappa shape index (κ3) is 2.49. The van der Waals surface area contributed by atoms with Gasteiger partial charge in [0.2, 0.25) is 0 Å². The summed E-state index contributed by atoms with van der Waals surface area (Å²) in [6, 6.07) is 8.30. The van der Waals surface area contributed by atoms with Gasteiger partial charge in [0.1, 0.15) is 11.5 Å². The number of hydrogen-bond acceptors (Lipinski definition) is 2. The highest BCUT2D eigenvalue weighted by Crippen LogP contribution is 2.24. The molecule has 17 heavy (non-hydrogen) atoms. The van der Waals surface area contributed by atoms with Gasteiger partial charge in [-0.1, -0.05) is 43.2 Å². The predicted octanol–water partition coefficient (Wildman–Crippen LogP) is 3.24. The number of imidazole rings is 1. The predicted molar refractivity (Wildman–Crippen MR) is 71.7 cm³/mol. The van der Waals surface area contributed by atoms with Crippen LogP contribution in [0, 0.1) is 6.92 Å². The minimum Gasteiger partial charge on any atom is -0.383 e.